The second kappa shape index (κ2) is 6.48. The Morgan fingerprint density at radius 1 is 1.20 bits per heavy atom. The molecule has 2 nitrogen and oxygen atoms in total. The van der Waals surface area contributed by atoms with Crippen LogP contribution in [0, 0.1) is 19.7 Å². The molecular weight excluding hydrogens is 319 g/mol. The fourth-order valence-corrected chi connectivity index (χ4v) is 2.77. The lowest BCUT2D eigenvalue weighted by Crippen LogP contribution is -2.30. The van der Waals surface area contributed by atoms with Gasteiger partial charge in [-0.25, -0.2) is 4.39 Å². The predicted molar refractivity (Wildman–Crippen MR) is 83.8 cm³/mol. The van der Waals surface area contributed by atoms with Crippen LogP contribution in [0.1, 0.15) is 28.3 Å². The maximum atomic E-state index is 13.3. The van der Waals surface area contributed by atoms with Crippen LogP contribution in [0.15, 0.2) is 40.9 Å². The van der Waals surface area contributed by atoms with Gasteiger partial charge in [-0.15, -0.1) is 0 Å². The molecule has 0 heterocycles. The lowest BCUT2D eigenvalue weighted by atomic mass is 9.93. The highest BCUT2D eigenvalue weighted by molar-refractivity contribution is 9.10. The molecule has 2 rings (SSSR count). The van der Waals surface area contributed by atoms with E-state index in [0.29, 0.717) is 4.47 Å². The molecule has 0 amide bonds. The second-order valence-electron chi connectivity index (χ2n) is 4.97. The zero-order valence-electron chi connectivity index (χ0n) is 11.6. The first kappa shape index (κ1) is 15.2. The number of nitrogens with one attached hydrogen (secondary N) is 1. The Balaban J connectivity index is 2.31. The van der Waals surface area contributed by atoms with Gasteiger partial charge in [-0.2, -0.15) is 0 Å². The van der Waals surface area contributed by atoms with Gasteiger partial charge in [0.2, 0.25) is 0 Å². The minimum absolute atomic E-state index is 0.0494. The average molecular weight is 337 g/mol. The van der Waals surface area contributed by atoms with Crippen molar-refractivity contribution in [3.8, 4) is 0 Å². The van der Waals surface area contributed by atoms with Crippen LogP contribution in [0.3, 0.4) is 0 Å². The summed E-state index contributed by atoms with van der Waals surface area (Å²) in [6.07, 6.45) is 0.771. The molecule has 0 bridgehead atoms. The van der Waals surface area contributed by atoms with Gasteiger partial charge in [-0.3, -0.25) is 11.3 Å². The summed E-state index contributed by atoms with van der Waals surface area (Å²) < 4.78 is 13.8. The molecule has 1 atom stereocenters. The zero-order valence-corrected chi connectivity index (χ0v) is 13.2. The summed E-state index contributed by atoms with van der Waals surface area (Å²) in [5.74, 6) is 5.41. The van der Waals surface area contributed by atoms with Crippen molar-refractivity contribution < 1.29 is 4.39 Å². The highest BCUT2D eigenvalue weighted by Gasteiger charge is 2.14. The second-order valence-corrected chi connectivity index (χ2v) is 5.82. The monoisotopic (exact) mass is 336 g/mol. The van der Waals surface area contributed by atoms with E-state index in [1.54, 1.807) is 12.1 Å². The third-order valence-electron chi connectivity index (χ3n) is 3.60. The molecule has 0 saturated heterocycles. The van der Waals surface area contributed by atoms with E-state index in [9.17, 15) is 4.39 Å². The molecule has 1 unspecified atom stereocenters. The summed E-state index contributed by atoms with van der Waals surface area (Å²) >= 11 is 3.21. The first-order valence-electron chi connectivity index (χ1n) is 6.49. The standard InChI is InChI=1S/C16H18BrFN2/c1-10-4-3-5-11(2)13(10)9-16(20-19)12-6-7-15(18)14(17)8-12/h3-8,16,20H,9,19H2,1-2H3. The number of halogens is 2. The predicted octanol–water partition coefficient (Wildman–Crippen LogP) is 3.95. The van der Waals surface area contributed by atoms with Crippen LogP contribution in [0.4, 0.5) is 4.39 Å². The molecule has 0 aliphatic carbocycles. The fraction of sp³-hybridized carbons (Fsp3) is 0.250. The maximum absolute atomic E-state index is 13.3. The van der Waals surface area contributed by atoms with E-state index < -0.39 is 0 Å². The molecule has 2 aromatic carbocycles. The van der Waals surface area contributed by atoms with Crippen LogP contribution >= 0.6 is 15.9 Å². The van der Waals surface area contributed by atoms with Gasteiger partial charge in [0, 0.05) is 0 Å². The number of hydrogen-bond acceptors (Lipinski definition) is 2. The van der Waals surface area contributed by atoms with Gasteiger partial charge < -0.3 is 0 Å². The normalized spacial score (nSPS) is 12.4. The zero-order chi connectivity index (χ0) is 14.7. The molecule has 0 saturated carbocycles. The third kappa shape index (κ3) is 3.26. The van der Waals surface area contributed by atoms with E-state index in [1.165, 1.54) is 22.8 Å². The van der Waals surface area contributed by atoms with Gasteiger partial charge in [0.25, 0.3) is 0 Å². The largest absolute Gasteiger partial charge is 0.271 e. The van der Waals surface area contributed by atoms with Crippen molar-refractivity contribution in [1.29, 1.82) is 0 Å². The lowest BCUT2D eigenvalue weighted by Gasteiger charge is -2.19. The lowest BCUT2D eigenvalue weighted by molar-refractivity contribution is 0.546. The fourth-order valence-electron chi connectivity index (χ4n) is 2.38. The Hall–Kier alpha value is -1.23. The van der Waals surface area contributed by atoms with Gasteiger partial charge >= 0.3 is 0 Å². The maximum Gasteiger partial charge on any atom is 0.137 e. The van der Waals surface area contributed by atoms with Gasteiger partial charge in [0.15, 0.2) is 0 Å². The molecule has 0 aliphatic heterocycles. The molecule has 4 heteroatoms. The van der Waals surface area contributed by atoms with Crippen LogP contribution < -0.4 is 11.3 Å². The minimum atomic E-state index is -0.267. The number of nitrogens with two attached hydrogens (primary N) is 1. The smallest absolute Gasteiger partial charge is 0.137 e. The summed E-state index contributed by atoms with van der Waals surface area (Å²) in [4.78, 5) is 0. The first-order valence-corrected chi connectivity index (χ1v) is 7.28. The number of hydrogen-bond donors (Lipinski definition) is 2. The van der Waals surface area contributed by atoms with E-state index >= 15 is 0 Å². The number of hydrazine groups is 1. The highest BCUT2D eigenvalue weighted by atomic mass is 79.9. The summed E-state index contributed by atoms with van der Waals surface area (Å²) in [7, 11) is 0. The van der Waals surface area contributed by atoms with Crippen molar-refractivity contribution in [2.75, 3.05) is 0 Å². The van der Waals surface area contributed by atoms with Crippen molar-refractivity contribution in [1.82, 2.24) is 5.43 Å². The Kier molecular flexibility index (Phi) is 4.91. The van der Waals surface area contributed by atoms with Crippen LogP contribution in [0.2, 0.25) is 0 Å². The Morgan fingerprint density at radius 2 is 1.85 bits per heavy atom. The van der Waals surface area contributed by atoms with Crippen LogP contribution in [0.5, 0.6) is 0 Å². The van der Waals surface area contributed by atoms with E-state index in [-0.39, 0.29) is 11.9 Å². The number of aryl methyl sites for hydroxylation is 2. The topological polar surface area (TPSA) is 38.0 Å². The molecular formula is C16H18BrFN2. The van der Waals surface area contributed by atoms with Crippen molar-refractivity contribution in [3.63, 3.8) is 0 Å². The number of benzene rings is 2. The number of rotatable bonds is 4. The minimum Gasteiger partial charge on any atom is -0.271 e. The van der Waals surface area contributed by atoms with E-state index in [2.05, 4.69) is 47.3 Å². The van der Waals surface area contributed by atoms with Crippen LogP contribution in [-0.4, -0.2) is 0 Å². The SMILES string of the molecule is Cc1cccc(C)c1CC(NN)c1ccc(F)c(Br)c1. The Labute approximate surface area is 127 Å². The van der Waals surface area contributed by atoms with Crippen molar-refractivity contribution in [2.24, 2.45) is 5.84 Å². The summed E-state index contributed by atoms with van der Waals surface area (Å²) in [6, 6.07) is 11.2. The van der Waals surface area contributed by atoms with Gasteiger partial charge in [0.05, 0.1) is 10.5 Å². The van der Waals surface area contributed by atoms with Gasteiger partial charge in [0.1, 0.15) is 5.82 Å². The Morgan fingerprint density at radius 3 is 2.40 bits per heavy atom. The molecule has 0 aliphatic rings. The van der Waals surface area contributed by atoms with Gasteiger partial charge in [-0.1, -0.05) is 24.3 Å². The molecule has 0 radical (unpaired) electrons. The molecule has 0 fully saturated rings. The summed E-state index contributed by atoms with van der Waals surface area (Å²) in [6.45, 7) is 4.19. The average Bonchev–Trinajstić information content (AvgIpc) is 2.42. The highest BCUT2D eigenvalue weighted by Crippen LogP contribution is 2.25. The molecule has 2 aromatic rings. The van der Waals surface area contributed by atoms with E-state index in [0.717, 1.165) is 12.0 Å². The molecule has 20 heavy (non-hydrogen) atoms. The van der Waals surface area contributed by atoms with Crippen LogP contribution in [0.25, 0.3) is 0 Å². The first-order chi connectivity index (χ1) is 9.52. The van der Waals surface area contributed by atoms with Crippen molar-refractivity contribution >= 4 is 15.9 Å². The molecule has 0 spiro atoms. The van der Waals surface area contributed by atoms with Gasteiger partial charge in [-0.05, 0) is 70.6 Å². The van der Waals surface area contributed by atoms with Crippen molar-refractivity contribution in [2.45, 2.75) is 26.3 Å². The Bertz CT molecular complexity index is 593. The summed E-state index contributed by atoms with van der Waals surface area (Å²) in [5, 5.41) is 0. The van der Waals surface area contributed by atoms with E-state index in [1.807, 2.05) is 6.07 Å². The van der Waals surface area contributed by atoms with E-state index in [4.69, 9.17) is 5.84 Å². The third-order valence-corrected chi connectivity index (χ3v) is 4.21. The molecule has 106 valence electrons. The molecule has 3 N–H and O–H groups in total. The molecule has 0 aromatic heterocycles. The van der Waals surface area contributed by atoms with Crippen LogP contribution in [-0.2, 0) is 6.42 Å². The summed E-state index contributed by atoms with van der Waals surface area (Å²) in [5.41, 5.74) is 7.54. The van der Waals surface area contributed by atoms with Crippen molar-refractivity contribution in [3.05, 3.63) is 68.9 Å². The quantitative estimate of drug-likeness (QED) is 0.655.